The van der Waals surface area contributed by atoms with Crippen LogP contribution in [0.1, 0.15) is 32.1 Å². The molecule has 0 aromatic heterocycles. The van der Waals surface area contributed by atoms with Gasteiger partial charge in [-0.25, -0.2) is 0 Å². The van der Waals surface area contributed by atoms with E-state index in [1.807, 2.05) is 0 Å². The molecule has 7 heteroatoms. The second-order valence-electron chi connectivity index (χ2n) is 2.81. The van der Waals surface area contributed by atoms with Gasteiger partial charge in [-0.05, 0) is 12.8 Å². The Hall–Kier alpha value is -0.240. The fourth-order valence-corrected chi connectivity index (χ4v) is 1.43. The van der Waals surface area contributed by atoms with Crippen LogP contribution in [0.2, 0.25) is 0 Å². The van der Waals surface area contributed by atoms with Gasteiger partial charge in [-0.2, -0.15) is 4.21 Å². The highest BCUT2D eigenvalue weighted by Crippen LogP contribution is 2.03. The van der Waals surface area contributed by atoms with E-state index < -0.39 is 15.0 Å². The van der Waals surface area contributed by atoms with Gasteiger partial charge in [0.05, 0.1) is 6.61 Å². The largest absolute Gasteiger partial charge is 0.481 e. The molecule has 0 radical (unpaired) electrons. The molecule has 0 aliphatic rings. The topological polar surface area (TPSA) is 83.8 Å². The molecule has 0 saturated carbocycles. The first kappa shape index (κ1) is 13.8. The van der Waals surface area contributed by atoms with Gasteiger partial charge in [-0.1, -0.05) is 12.8 Å². The maximum absolute atomic E-state index is 10.4. The molecule has 0 aromatic rings. The minimum absolute atomic E-state index is 0.145. The predicted octanol–water partition coefficient (Wildman–Crippen LogP) is 1.17. The lowest BCUT2D eigenvalue weighted by atomic mass is 10.1. The SMILES string of the molecule is O=C(O)CCCCCCOS(=O)(O)=S. The van der Waals surface area contributed by atoms with Crippen LogP contribution >= 0.6 is 0 Å². The molecule has 14 heavy (non-hydrogen) atoms. The molecule has 0 rings (SSSR count). The average molecular weight is 242 g/mol. The van der Waals surface area contributed by atoms with Gasteiger partial charge >= 0.3 is 5.97 Å². The maximum atomic E-state index is 10.4. The van der Waals surface area contributed by atoms with Gasteiger partial charge in [-0.3, -0.25) is 13.5 Å². The highest BCUT2D eigenvalue weighted by molar-refractivity contribution is 8.27. The van der Waals surface area contributed by atoms with Gasteiger partial charge in [0.1, 0.15) is 0 Å². The number of unbranched alkanes of at least 4 members (excludes halogenated alkanes) is 3. The van der Waals surface area contributed by atoms with Gasteiger partial charge < -0.3 is 5.11 Å². The van der Waals surface area contributed by atoms with E-state index >= 15 is 0 Å². The van der Waals surface area contributed by atoms with Crippen molar-refractivity contribution in [2.24, 2.45) is 0 Å². The third-order valence-corrected chi connectivity index (χ3v) is 2.27. The standard InChI is InChI=1S/C7H14O5S2/c8-7(9)5-3-1-2-4-6-12-14(10,11)13/h1-6H2,(H,8,9)(H,10,11,13). The van der Waals surface area contributed by atoms with E-state index in [-0.39, 0.29) is 13.0 Å². The molecule has 0 fully saturated rings. The Morgan fingerprint density at radius 3 is 2.36 bits per heavy atom. The van der Waals surface area contributed by atoms with Crippen molar-refractivity contribution in [1.29, 1.82) is 0 Å². The summed E-state index contributed by atoms with van der Waals surface area (Å²) < 4.78 is 23.4. The van der Waals surface area contributed by atoms with Gasteiger partial charge in [0.2, 0.25) is 0 Å². The molecule has 0 aromatic carbocycles. The van der Waals surface area contributed by atoms with Crippen molar-refractivity contribution in [2.75, 3.05) is 6.61 Å². The molecule has 0 aliphatic heterocycles. The summed E-state index contributed by atoms with van der Waals surface area (Å²) in [5, 5.41) is 8.31. The predicted molar refractivity (Wildman–Crippen MR) is 54.8 cm³/mol. The van der Waals surface area contributed by atoms with E-state index in [0.29, 0.717) is 12.8 Å². The lowest BCUT2D eigenvalue weighted by Crippen LogP contribution is -2.03. The average Bonchev–Trinajstić information content (AvgIpc) is 2.00. The van der Waals surface area contributed by atoms with E-state index in [1.165, 1.54) is 0 Å². The van der Waals surface area contributed by atoms with E-state index in [9.17, 15) is 9.00 Å². The van der Waals surface area contributed by atoms with Crippen molar-refractivity contribution >= 4 is 26.2 Å². The van der Waals surface area contributed by atoms with Crippen molar-refractivity contribution in [1.82, 2.24) is 0 Å². The lowest BCUT2D eigenvalue weighted by molar-refractivity contribution is -0.137. The van der Waals surface area contributed by atoms with Crippen LogP contribution in [0.25, 0.3) is 0 Å². The number of carboxylic acids is 1. The number of hydrogen-bond acceptors (Lipinski definition) is 4. The molecule has 0 heterocycles. The van der Waals surface area contributed by atoms with Crippen LogP contribution < -0.4 is 0 Å². The van der Waals surface area contributed by atoms with Gasteiger partial charge in [-0.15, -0.1) is 0 Å². The first-order valence-corrected chi connectivity index (χ1v) is 6.62. The first-order valence-electron chi connectivity index (χ1n) is 4.25. The van der Waals surface area contributed by atoms with E-state index in [4.69, 9.17) is 9.66 Å². The van der Waals surface area contributed by atoms with Gasteiger partial charge in [0, 0.05) is 17.6 Å². The van der Waals surface area contributed by atoms with Crippen LogP contribution in [0.15, 0.2) is 0 Å². The van der Waals surface area contributed by atoms with Crippen molar-refractivity contribution in [3.8, 4) is 0 Å². The molecular formula is C7H14O5S2. The van der Waals surface area contributed by atoms with Crippen LogP contribution in [-0.2, 0) is 29.2 Å². The molecular weight excluding hydrogens is 228 g/mol. The molecule has 0 spiro atoms. The van der Waals surface area contributed by atoms with Crippen molar-refractivity contribution in [3.63, 3.8) is 0 Å². The van der Waals surface area contributed by atoms with Crippen LogP contribution in [0.4, 0.5) is 0 Å². The number of hydrogen-bond donors (Lipinski definition) is 2. The Morgan fingerprint density at radius 2 is 1.86 bits per heavy atom. The number of aliphatic carboxylic acids is 1. The minimum Gasteiger partial charge on any atom is -0.481 e. The van der Waals surface area contributed by atoms with Crippen molar-refractivity contribution in [2.45, 2.75) is 32.1 Å². The van der Waals surface area contributed by atoms with Gasteiger partial charge in [0.15, 0.2) is 0 Å². The van der Waals surface area contributed by atoms with Gasteiger partial charge in [0.25, 0.3) is 9.05 Å². The van der Waals surface area contributed by atoms with Crippen LogP contribution in [0.5, 0.6) is 0 Å². The minimum atomic E-state index is -3.49. The normalized spacial score (nSPS) is 14.9. The second-order valence-corrected chi connectivity index (χ2v) is 5.16. The summed E-state index contributed by atoms with van der Waals surface area (Å²) in [6.45, 7) is 0.145. The van der Waals surface area contributed by atoms with Crippen LogP contribution in [-0.4, -0.2) is 26.4 Å². The van der Waals surface area contributed by atoms with Crippen LogP contribution in [0, 0.1) is 0 Å². The maximum Gasteiger partial charge on any atom is 0.303 e. The molecule has 0 bridgehead atoms. The van der Waals surface area contributed by atoms with E-state index in [1.54, 1.807) is 0 Å². The zero-order valence-corrected chi connectivity index (χ0v) is 9.31. The Labute approximate surface area is 88.2 Å². The molecule has 0 amide bonds. The summed E-state index contributed by atoms with van der Waals surface area (Å²) in [7, 11) is -3.49. The molecule has 0 aliphatic carbocycles. The zero-order chi connectivity index (χ0) is 11.0. The molecule has 1 atom stereocenters. The summed E-state index contributed by atoms with van der Waals surface area (Å²) in [5.74, 6) is -0.801. The van der Waals surface area contributed by atoms with Crippen LogP contribution in [0.3, 0.4) is 0 Å². The summed E-state index contributed by atoms with van der Waals surface area (Å²) in [6, 6.07) is 0. The molecule has 0 saturated heterocycles. The number of carbonyl (C=O) groups is 1. The number of carboxylic acid groups (broad SMARTS) is 1. The number of rotatable bonds is 8. The highest BCUT2D eigenvalue weighted by Gasteiger charge is 1.99. The lowest BCUT2D eigenvalue weighted by Gasteiger charge is -2.01. The summed E-state index contributed by atoms with van der Waals surface area (Å²) in [6.07, 6.45) is 2.96. The monoisotopic (exact) mass is 242 g/mol. The molecule has 5 nitrogen and oxygen atoms in total. The fourth-order valence-electron chi connectivity index (χ4n) is 0.896. The summed E-state index contributed by atoms with van der Waals surface area (Å²) >= 11 is 4.10. The van der Waals surface area contributed by atoms with E-state index in [0.717, 1.165) is 12.8 Å². The van der Waals surface area contributed by atoms with Crippen molar-refractivity contribution < 1.29 is 22.8 Å². The van der Waals surface area contributed by atoms with E-state index in [2.05, 4.69) is 15.4 Å². The molecule has 2 N–H and O–H groups in total. The molecule has 84 valence electrons. The Morgan fingerprint density at radius 1 is 1.29 bits per heavy atom. The summed E-state index contributed by atoms with van der Waals surface area (Å²) in [4.78, 5) is 10.1. The molecule has 1 unspecified atom stereocenters. The third kappa shape index (κ3) is 11.8. The van der Waals surface area contributed by atoms with Crippen molar-refractivity contribution in [3.05, 3.63) is 0 Å². The Balaban J connectivity index is 3.19. The first-order chi connectivity index (χ1) is 6.42. The third-order valence-electron chi connectivity index (χ3n) is 1.52. The highest BCUT2D eigenvalue weighted by atomic mass is 32.9. The second kappa shape index (κ2) is 7.10. The smallest absolute Gasteiger partial charge is 0.303 e. The zero-order valence-electron chi connectivity index (χ0n) is 7.68. The fraction of sp³-hybridized carbons (Fsp3) is 0.857. The quantitative estimate of drug-likeness (QED) is 0.622. The summed E-state index contributed by atoms with van der Waals surface area (Å²) in [5.41, 5.74) is 0. The Kier molecular flexibility index (Phi) is 6.98. The Bertz CT molecular complexity index is 259.